The summed E-state index contributed by atoms with van der Waals surface area (Å²) in [6.07, 6.45) is 4.65. The lowest BCUT2D eigenvalue weighted by molar-refractivity contribution is -0.132. The third kappa shape index (κ3) is 5.86. The molecule has 204 valence electrons. The lowest BCUT2D eigenvalue weighted by Crippen LogP contribution is -2.43. The summed E-state index contributed by atoms with van der Waals surface area (Å²) in [6.45, 7) is 9.87. The number of benzene rings is 1. The number of nitrogens with two attached hydrogens (primary N) is 1. The minimum absolute atomic E-state index is 0.225. The Morgan fingerprint density at radius 1 is 1.16 bits per heavy atom. The SMILES string of the molecule is CCN(CC)C(=O)CN1CCC(CCn2c(Sc3cc4c(cc3Br)OCCO4)nc3c(N)ncnc32)CC1. The van der Waals surface area contributed by atoms with E-state index in [1.165, 1.54) is 6.33 Å². The first-order chi connectivity index (χ1) is 18.5. The lowest BCUT2D eigenvalue weighted by Gasteiger charge is -2.33. The lowest BCUT2D eigenvalue weighted by atomic mass is 9.93. The van der Waals surface area contributed by atoms with Gasteiger partial charge in [-0.2, -0.15) is 0 Å². The highest BCUT2D eigenvalue weighted by Gasteiger charge is 2.24. The summed E-state index contributed by atoms with van der Waals surface area (Å²) in [5.41, 5.74) is 7.53. The van der Waals surface area contributed by atoms with Gasteiger partial charge in [-0.15, -0.1) is 0 Å². The van der Waals surface area contributed by atoms with Crippen molar-refractivity contribution in [3.63, 3.8) is 0 Å². The van der Waals surface area contributed by atoms with Crippen molar-refractivity contribution < 1.29 is 14.3 Å². The number of hydrogen-bond acceptors (Lipinski definition) is 9. The molecular formula is C26H34BrN7O3S. The molecule has 10 nitrogen and oxygen atoms in total. The van der Waals surface area contributed by atoms with E-state index in [-0.39, 0.29) is 5.91 Å². The van der Waals surface area contributed by atoms with Crippen LogP contribution in [0.1, 0.15) is 33.1 Å². The number of aryl methyl sites for hydroxylation is 1. The van der Waals surface area contributed by atoms with Crippen molar-refractivity contribution >= 4 is 50.6 Å². The number of nitrogens with zero attached hydrogens (tertiary/aromatic N) is 6. The second kappa shape index (κ2) is 12.1. The van der Waals surface area contributed by atoms with Gasteiger partial charge in [0.25, 0.3) is 0 Å². The van der Waals surface area contributed by atoms with Crippen LogP contribution in [0.3, 0.4) is 0 Å². The number of imidazole rings is 1. The number of carbonyl (C=O) groups excluding carboxylic acids is 1. The molecule has 1 saturated heterocycles. The van der Waals surface area contributed by atoms with Crippen molar-refractivity contribution in [3.8, 4) is 11.5 Å². The Hall–Kier alpha value is -2.57. The van der Waals surface area contributed by atoms with Gasteiger partial charge in [-0.05, 0) is 80.2 Å². The summed E-state index contributed by atoms with van der Waals surface area (Å²) in [5, 5.41) is 0.812. The number of nitrogen functional groups attached to an aromatic ring is 1. The highest BCUT2D eigenvalue weighted by atomic mass is 79.9. The molecule has 1 fully saturated rings. The number of hydrogen-bond donors (Lipinski definition) is 1. The van der Waals surface area contributed by atoms with Gasteiger partial charge in [0, 0.05) is 29.0 Å². The molecule has 1 aromatic carbocycles. The number of carbonyl (C=O) groups is 1. The van der Waals surface area contributed by atoms with Crippen LogP contribution in [0.5, 0.6) is 11.5 Å². The standard InChI is InChI=1S/C26H34BrN7O3S/c1-3-33(4-2)22(35)15-32-8-5-17(6-9-32)7-10-34-25-23(24(28)29-16-30-25)31-26(34)38-21-14-20-19(13-18(21)27)36-11-12-37-20/h13-14,16-17H,3-12,15H2,1-2H3,(H2,28,29,30). The molecule has 0 saturated carbocycles. The van der Waals surface area contributed by atoms with Crippen molar-refractivity contribution in [3.05, 3.63) is 22.9 Å². The van der Waals surface area contributed by atoms with Gasteiger partial charge in [0.2, 0.25) is 5.91 Å². The van der Waals surface area contributed by atoms with E-state index in [9.17, 15) is 4.79 Å². The first kappa shape index (κ1) is 27.0. The quantitative estimate of drug-likeness (QED) is 0.387. The summed E-state index contributed by atoms with van der Waals surface area (Å²) in [4.78, 5) is 31.2. The maximum atomic E-state index is 12.5. The predicted octanol–water partition coefficient (Wildman–Crippen LogP) is 4.06. The van der Waals surface area contributed by atoms with Crippen LogP contribution in [-0.4, -0.2) is 81.2 Å². The molecule has 2 aliphatic heterocycles. The van der Waals surface area contributed by atoms with Gasteiger partial charge in [0.1, 0.15) is 19.5 Å². The van der Waals surface area contributed by atoms with Gasteiger partial charge in [-0.25, -0.2) is 15.0 Å². The summed E-state index contributed by atoms with van der Waals surface area (Å²) in [5.74, 6) is 2.65. The smallest absolute Gasteiger partial charge is 0.236 e. The van der Waals surface area contributed by atoms with Crippen molar-refractivity contribution in [2.45, 2.75) is 49.7 Å². The average Bonchev–Trinajstić information content (AvgIpc) is 3.27. The molecule has 3 aromatic rings. The monoisotopic (exact) mass is 603 g/mol. The fraction of sp³-hybridized carbons (Fsp3) is 0.538. The van der Waals surface area contributed by atoms with Crippen molar-refractivity contribution in [1.29, 1.82) is 0 Å². The normalized spacial score (nSPS) is 16.2. The van der Waals surface area contributed by atoms with Gasteiger partial charge < -0.3 is 24.7 Å². The number of ether oxygens (including phenoxy) is 2. The first-order valence-electron chi connectivity index (χ1n) is 13.2. The zero-order valence-electron chi connectivity index (χ0n) is 21.9. The molecule has 0 atom stereocenters. The summed E-state index contributed by atoms with van der Waals surface area (Å²) in [7, 11) is 0. The maximum Gasteiger partial charge on any atom is 0.236 e. The van der Waals surface area contributed by atoms with Crippen LogP contribution in [0.4, 0.5) is 5.82 Å². The molecule has 0 radical (unpaired) electrons. The maximum absolute atomic E-state index is 12.5. The Bertz CT molecular complexity index is 1290. The zero-order chi connectivity index (χ0) is 26.6. The Morgan fingerprint density at radius 2 is 1.87 bits per heavy atom. The van der Waals surface area contributed by atoms with Gasteiger partial charge in [-0.3, -0.25) is 9.69 Å². The minimum atomic E-state index is 0.225. The first-order valence-corrected chi connectivity index (χ1v) is 14.8. The van der Waals surface area contributed by atoms with E-state index in [1.54, 1.807) is 11.8 Å². The van der Waals surface area contributed by atoms with E-state index in [2.05, 4.69) is 35.4 Å². The number of amides is 1. The van der Waals surface area contributed by atoms with Crippen LogP contribution < -0.4 is 15.2 Å². The summed E-state index contributed by atoms with van der Waals surface area (Å²) in [6, 6.07) is 3.92. The van der Waals surface area contributed by atoms with Gasteiger partial charge in [-0.1, -0.05) is 11.8 Å². The van der Waals surface area contributed by atoms with Crippen LogP contribution in [0, 0.1) is 5.92 Å². The number of anilines is 1. The number of fused-ring (bicyclic) bond motifs is 2. The number of halogens is 1. The van der Waals surface area contributed by atoms with E-state index in [0.29, 0.717) is 37.0 Å². The highest BCUT2D eigenvalue weighted by Crippen LogP contribution is 2.42. The minimum Gasteiger partial charge on any atom is -0.486 e. The Morgan fingerprint density at radius 3 is 2.58 bits per heavy atom. The van der Waals surface area contributed by atoms with Gasteiger partial charge in [0.15, 0.2) is 33.6 Å². The molecule has 2 N–H and O–H groups in total. The van der Waals surface area contributed by atoms with Crippen molar-refractivity contribution in [2.75, 3.05) is 51.7 Å². The molecule has 0 unspecified atom stereocenters. The molecule has 2 aliphatic rings. The molecule has 2 aromatic heterocycles. The highest BCUT2D eigenvalue weighted by molar-refractivity contribution is 9.10. The van der Waals surface area contributed by atoms with Crippen LogP contribution in [0.2, 0.25) is 0 Å². The van der Waals surface area contributed by atoms with Gasteiger partial charge >= 0.3 is 0 Å². The van der Waals surface area contributed by atoms with Crippen LogP contribution >= 0.6 is 27.7 Å². The molecule has 5 rings (SSSR count). The van der Waals surface area contributed by atoms with E-state index >= 15 is 0 Å². The van der Waals surface area contributed by atoms with E-state index in [0.717, 1.165) is 83.7 Å². The number of piperidine rings is 1. The van der Waals surface area contributed by atoms with Crippen LogP contribution in [-0.2, 0) is 11.3 Å². The molecule has 1 amide bonds. The number of rotatable bonds is 9. The second-order valence-electron chi connectivity index (χ2n) is 9.58. The molecule has 38 heavy (non-hydrogen) atoms. The Kier molecular flexibility index (Phi) is 8.59. The summed E-state index contributed by atoms with van der Waals surface area (Å²) < 4.78 is 14.6. The molecule has 4 heterocycles. The van der Waals surface area contributed by atoms with E-state index < -0.39 is 0 Å². The molecule has 0 spiro atoms. The molecule has 0 bridgehead atoms. The fourth-order valence-corrected chi connectivity index (χ4v) is 6.56. The molecular weight excluding hydrogens is 570 g/mol. The number of likely N-dealkylation sites (tertiary alicyclic amines) is 1. The number of aromatic nitrogens is 4. The zero-order valence-corrected chi connectivity index (χ0v) is 24.3. The Labute approximate surface area is 235 Å². The third-order valence-electron chi connectivity index (χ3n) is 7.27. The topological polar surface area (TPSA) is 112 Å². The van der Waals surface area contributed by atoms with E-state index in [4.69, 9.17) is 20.2 Å². The van der Waals surface area contributed by atoms with Crippen LogP contribution in [0.15, 0.2) is 33.0 Å². The fourth-order valence-electron chi connectivity index (χ4n) is 5.05. The second-order valence-corrected chi connectivity index (χ2v) is 11.4. The van der Waals surface area contributed by atoms with Gasteiger partial charge in [0.05, 0.1) is 6.54 Å². The van der Waals surface area contributed by atoms with Crippen LogP contribution in [0.25, 0.3) is 11.2 Å². The van der Waals surface area contributed by atoms with Crippen molar-refractivity contribution in [1.82, 2.24) is 29.3 Å². The average molecular weight is 605 g/mol. The molecule has 12 heteroatoms. The van der Waals surface area contributed by atoms with E-state index in [1.807, 2.05) is 30.9 Å². The summed E-state index contributed by atoms with van der Waals surface area (Å²) >= 11 is 5.22. The number of likely N-dealkylation sites (N-methyl/N-ethyl adjacent to an activating group) is 1. The predicted molar refractivity (Wildman–Crippen MR) is 151 cm³/mol. The van der Waals surface area contributed by atoms with Crippen molar-refractivity contribution in [2.24, 2.45) is 5.92 Å². The molecule has 0 aliphatic carbocycles. The third-order valence-corrected chi connectivity index (χ3v) is 9.24. The Balaban J connectivity index is 1.28. The largest absolute Gasteiger partial charge is 0.486 e.